The number of hydrogen-bond acceptors (Lipinski definition) is 6. The summed E-state index contributed by atoms with van der Waals surface area (Å²) in [5, 5.41) is 2.76. The van der Waals surface area contributed by atoms with Crippen molar-refractivity contribution >= 4 is 16.0 Å². The van der Waals surface area contributed by atoms with Crippen LogP contribution in [0, 0.1) is 5.92 Å². The van der Waals surface area contributed by atoms with E-state index >= 15 is 0 Å². The third-order valence-electron chi connectivity index (χ3n) is 3.47. The Kier molecular flexibility index (Phi) is 4.90. The number of nitrogens with one attached hydrogen (secondary N) is 1. The lowest BCUT2D eigenvalue weighted by Crippen LogP contribution is -2.39. The van der Waals surface area contributed by atoms with Crippen LogP contribution in [-0.2, 0) is 14.8 Å². The van der Waals surface area contributed by atoms with Crippen molar-refractivity contribution < 1.29 is 13.2 Å². The van der Waals surface area contributed by atoms with E-state index in [1.165, 1.54) is 16.7 Å². The van der Waals surface area contributed by atoms with Crippen LogP contribution in [0.25, 0.3) is 0 Å². The lowest BCUT2D eigenvalue weighted by atomic mass is 9.99. The van der Waals surface area contributed by atoms with Gasteiger partial charge in [0.1, 0.15) is 4.90 Å². The molecule has 0 unspecified atom stereocenters. The summed E-state index contributed by atoms with van der Waals surface area (Å²) in [6, 6.07) is 0. The molecule has 1 aliphatic heterocycles. The summed E-state index contributed by atoms with van der Waals surface area (Å²) in [5.41, 5.74) is 0. The topological polar surface area (TPSA) is 84.4 Å². The van der Waals surface area contributed by atoms with Crippen molar-refractivity contribution in [2.45, 2.75) is 17.7 Å². The molecule has 1 saturated heterocycles. The van der Waals surface area contributed by atoms with Crippen LogP contribution in [0.5, 0.6) is 0 Å². The SMILES string of the molecule is CNc1ncc(S(=O)(=O)N2CCC(COC)CC2)cn1. The van der Waals surface area contributed by atoms with E-state index in [9.17, 15) is 8.42 Å². The first-order chi connectivity index (χ1) is 9.57. The van der Waals surface area contributed by atoms with Gasteiger partial charge in [0, 0.05) is 33.9 Å². The van der Waals surface area contributed by atoms with Crippen molar-refractivity contribution in [2.24, 2.45) is 5.92 Å². The highest BCUT2D eigenvalue weighted by molar-refractivity contribution is 7.89. The highest BCUT2D eigenvalue weighted by Crippen LogP contribution is 2.23. The molecule has 20 heavy (non-hydrogen) atoms. The van der Waals surface area contributed by atoms with Crippen molar-refractivity contribution in [1.29, 1.82) is 0 Å². The second-order valence-electron chi connectivity index (χ2n) is 4.80. The maximum absolute atomic E-state index is 12.4. The minimum absolute atomic E-state index is 0.140. The minimum atomic E-state index is -3.49. The molecule has 0 atom stereocenters. The van der Waals surface area contributed by atoms with Crippen molar-refractivity contribution in [3.8, 4) is 0 Å². The van der Waals surface area contributed by atoms with Crippen LogP contribution in [0.2, 0.25) is 0 Å². The molecule has 0 aliphatic carbocycles. The van der Waals surface area contributed by atoms with E-state index in [0.29, 0.717) is 31.6 Å². The van der Waals surface area contributed by atoms with Crippen LogP contribution in [0.4, 0.5) is 5.95 Å². The number of ether oxygens (including phenoxy) is 1. The van der Waals surface area contributed by atoms with E-state index in [2.05, 4.69) is 15.3 Å². The van der Waals surface area contributed by atoms with Gasteiger partial charge in [0.15, 0.2) is 0 Å². The summed E-state index contributed by atoms with van der Waals surface area (Å²) in [7, 11) is -0.131. The van der Waals surface area contributed by atoms with Crippen LogP contribution in [0.15, 0.2) is 17.3 Å². The van der Waals surface area contributed by atoms with Crippen LogP contribution in [-0.4, -0.2) is 56.5 Å². The average Bonchev–Trinajstić information content (AvgIpc) is 2.48. The number of nitrogens with zero attached hydrogens (tertiary/aromatic N) is 3. The summed E-state index contributed by atoms with van der Waals surface area (Å²) in [6.45, 7) is 1.72. The Bertz CT molecular complexity index is 524. The molecule has 1 fully saturated rings. The number of sulfonamides is 1. The smallest absolute Gasteiger partial charge is 0.246 e. The third-order valence-corrected chi connectivity index (χ3v) is 5.32. The second-order valence-corrected chi connectivity index (χ2v) is 6.73. The van der Waals surface area contributed by atoms with Gasteiger partial charge in [-0.1, -0.05) is 0 Å². The molecule has 1 aromatic rings. The first kappa shape index (κ1) is 15.1. The first-order valence-corrected chi connectivity index (χ1v) is 8.01. The molecule has 0 amide bonds. The van der Waals surface area contributed by atoms with Gasteiger partial charge in [-0.05, 0) is 18.8 Å². The number of rotatable bonds is 5. The van der Waals surface area contributed by atoms with Gasteiger partial charge in [0.2, 0.25) is 16.0 Å². The number of methoxy groups -OCH3 is 1. The van der Waals surface area contributed by atoms with E-state index in [0.717, 1.165) is 12.8 Å². The van der Waals surface area contributed by atoms with E-state index in [4.69, 9.17) is 4.74 Å². The van der Waals surface area contributed by atoms with E-state index in [-0.39, 0.29) is 4.90 Å². The molecule has 0 spiro atoms. The fourth-order valence-corrected chi connectivity index (χ4v) is 3.64. The molecule has 112 valence electrons. The maximum Gasteiger partial charge on any atom is 0.246 e. The summed E-state index contributed by atoms with van der Waals surface area (Å²) < 4.78 is 31.5. The molecule has 0 bridgehead atoms. The highest BCUT2D eigenvalue weighted by Gasteiger charge is 2.29. The van der Waals surface area contributed by atoms with Gasteiger partial charge in [0.05, 0.1) is 12.4 Å². The largest absolute Gasteiger partial charge is 0.384 e. The Morgan fingerprint density at radius 1 is 1.35 bits per heavy atom. The zero-order valence-electron chi connectivity index (χ0n) is 11.7. The van der Waals surface area contributed by atoms with Crippen molar-refractivity contribution in [2.75, 3.05) is 39.2 Å². The van der Waals surface area contributed by atoms with E-state index < -0.39 is 10.0 Å². The monoisotopic (exact) mass is 300 g/mol. The standard InChI is InChI=1S/C12H20N4O3S/c1-13-12-14-7-11(8-15-12)20(17,18)16-5-3-10(4-6-16)9-19-2/h7-8,10H,3-6,9H2,1-2H3,(H,13,14,15). The van der Waals surface area contributed by atoms with Gasteiger partial charge in [-0.15, -0.1) is 0 Å². The lowest BCUT2D eigenvalue weighted by molar-refractivity contribution is 0.121. The Labute approximate surface area is 119 Å². The van der Waals surface area contributed by atoms with Crippen molar-refractivity contribution in [3.63, 3.8) is 0 Å². The van der Waals surface area contributed by atoms with Crippen molar-refractivity contribution in [3.05, 3.63) is 12.4 Å². The van der Waals surface area contributed by atoms with Gasteiger partial charge in [0.25, 0.3) is 0 Å². The highest BCUT2D eigenvalue weighted by atomic mass is 32.2. The van der Waals surface area contributed by atoms with Crippen LogP contribution in [0.1, 0.15) is 12.8 Å². The number of aromatic nitrogens is 2. The third kappa shape index (κ3) is 3.25. The summed E-state index contributed by atoms with van der Waals surface area (Å²) in [4.78, 5) is 8.05. The van der Waals surface area contributed by atoms with Gasteiger partial charge in [-0.25, -0.2) is 18.4 Å². The quantitative estimate of drug-likeness (QED) is 0.855. The fraction of sp³-hybridized carbons (Fsp3) is 0.667. The Balaban J connectivity index is 2.07. The Morgan fingerprint density at radius 2 is 1.95 bits per heavy atom. The molecule has 8 heteroatoms. The molecular formula is C12H20N4O3S. The molecule has 1 N–H and O–H groups in total. The second kappa shape index (κ2) is 6.47. The van der Waals surface area contributed by atoms with Gasteiger partial charge in [-0.3, -0.25) is 0 Å². The summed E-state index contributed by atoms with van der Waals surface area (Å²) in [5.74, 6) is 0.845. The van der Waals surface area contributed by atoms with Gasteiger partial charge in [-0.2, -0.15) is 4.31 Å². The molecule has 0 saturated carbocycles. The fourth-order valence-electron chi connectivity index (χ4n) is 2.28. The van der Waals surface area contributed by atoms with Gasteiger partial charge < -0.3 is 10.1 Å². The van der Waals surface area contributed by atoms with Crippen LogP contribution >= 0.6 is 0 Å². The molecule has 2 heterocycles. The van der Waals surface area contributed by atoms with Gasteiger partial charge >= 0.3 is 0 Å². The summed E-state index contributed by atoms with van der Waals surface area (Å²) >= 11 is 0. The Morgan fingerprint density at radius 3 is 2.45 bits per heavy atom. The molecule has 2 rings (SSSR count). The molecule has 0 radical (unpaired) electrons. The maximum atomic E-state index is 12.4. The predicted octanol–water partition coefficient (Wildman–Crippen LogP) is 0.565. The average molecular weight is 300 g/mol. The molecule has 0 aromatic carbocycles. The molecule has 1 aliphatic rings. The molecular weight excluding hydrogens is 280 g/mol. The lowest BCUT2D eigenvalue weighted by Gasteiger charge is -2.30. The molecule has 7 nitrogen and oxygen atoms in total. The summed E-state index contributed by atoms with van der Waals surface area (Å²) in [6.07, 6.45) is 4.33. The first-order valence-electron chi connectivity index (χ1n) is 6.57. The zero-order chi connectivity index (χ0) is 14.6. The van der Waals surface area contributed by atoms with E-state index in [1.807, 2.05) is 0 Å². The van der Waals surface area contributed by atoms with E-state index in [1.54, 1.807) is 14.2 Å². The Hall–Kier alpha value is -1.25. The van der Waals surface area contributed by atoms with Crippen LogP contribution < -0.4 is 5.32 Å². The normalized spacial score (nSPS) is 18.1. The molecule has 1 aromatic heterocycles. The van der Waals surface area contributed by atoms with Crippen LogP contribution in [0.3, 0.4) is 0 Å². The number of hydrogen-bond donors (Lipinski definition) is 1. The van der Waals surface area contributed by atoms with Crippen molar-refractivity contribution in [1.82, 2.24) is 14.3 Å². The number of anilines is 1. The predicted molar refractivity (Wildman–Crippen MR) is 74.9 cm³/mol. The zero-order valence-corrected chi connectivity index (χ0v) is 12.6. The number of piperidine rings is 1. The minimum Gasteiger partial charge on any atom is -0.384 e.